The molecule has 0 bridgehead atoms. The molecular formula is C24H29N3O4S. The van der Waals surface area contributed by atoms with Crippen molar-refractivity contribution in [3.63, 3.8) is 0 Å². The standard InChI is InChI=1S/C24H29N3O4S/c1-27(20-7-11-29-12-8-20)9-13-30-21-5-2-4-18(14-21)16-25-23(28)15-19-17-32-24(26-19)22-6-3-10-31-22/h2-6,10,14,17,20H,7-9,11-13,15-16H2,1H3,(H,25,28). The number of likely N-dealkylation sites (N-methyl/N-ethyl adjacent to an activating group) is 1. The number of amides is 1. The van der Waals surface area contributed by atoms with Gasteiger partial charge in [-0.15, -0.1) is 11.3 Å². The summed E-state index contributed by atoms with van der Waals surface area (Å²) in [4.78, 5) is 19.2. The predicted molar refractivity (Wildman–Crippen MR) is 124 cm³/mol. The minimum atomic E-state index is -0.0642. The summed E-state index contributed by atoms with van der Waals surface area (Å²) in [6, 6.07) is 12.1. The Bertz CT molecular complexity index is 983. The number of thiazole rings is 1. The van der Waals surface area contributed by atoms with Crippen molar-refractivity contribution in [2.24, 2.45) is 0 Å². The topological polar surface area (TPSA) is 76.8 Å². The maximum atomic E-state index is 12.3. The van der Waals surface area contributed by atoms with E-state index in [1.165, 1.54) is 11.3 Å². The fraction of sp³-hybridized carbons (Fsp3) is 0.417. The minimum Gasteiger partial charge on any atom is -0.492 e. The molecule has 1 N–H and O–H groups in total. The Kier molecular flexibility index (Phi) is 7.92. The van der Waals surface area contributed by atoms with Crippen molar-refractivity contribution in [2.75, 3.05) is 33.4 Å². The maximum Gasteiger partial charge on any atom is 0.226 e. The van der Waals surface area contributed by atoms with Gasteiger partial charge in [0.1, 0.15) is 12.4 Å². The zero-order valence-corrected chi connectivity index (χ0v) is 19.1. The molecule has 1 aromatic carbocycles. The van der Waals surface area contributed by atoms with Crippen LogP contribution in [0.4, 0.5) is 0 Å². The molecular weight excluding hydrogens is 426 g/mol. The summed E-state index contributed by atoms with van der Waals surface area (Å²) >= 11 is 1.47. The molecule has 8 heteroatoms. The van der Waals surface area contributed by atoms with Gasteiger partial charge in [0, 0.05) is 37.7 Å². The lowest BCUT2D eigenvalue weighted by Crippen LogP contribution is -2.38. The fourth-order valence-electron chi connectivity index (χ4n) is 3.69. The third-order valence-electron chi connectivity index (χ3n) is 5.54. The second kappa shape index (κ2) is 11.3. The Labute approximate surface area is 192 Å². The number of rotatable bonds is 10. The van der Waals surface area contributed by atoms with Crippen molar-refractivity contribution in [1.29, 1.82) is 0 Å². The van der Waals surface area contributed by atoms with Crippen LogP contribution in [0.5, 0.6) is 5.75 Å². The van der Waals surface area contributed by atoms with Crippen molar-refractivity contribution < 1.29 is 18.7 Å². The molecule has 3 aromatic rings. The van der Waals surface area contributed by atoms with Gasteiger partial charge >= 0.3 is 0 Å². The number of nitrogens with zero attached hydrogens (tertiary/aromatic N) is 2. The van der Waals surface area contributed by atoms with E-state index in [2.05, 4.69) is 22.2 Å². The average Bonchev–Trinajstić information content (AvgIpc) is 3.51. The molecule has 1 fully saturated rings. The van der Waals surface area contributed by atoms with Crippen molar-refractivity contribution in [3.05, 3.63) is 59.3 Å². The Hall–Kier alpha value is -2.68. The van der Waals surface area contributed by atoms with Crippen LogP contribution >= 0.6 is 11.3 Å². The number of benzene rings is 1. The smallest absolute Gasteiger partial charge is 0.226 e. The van der Waals surface area contributed by atoms with Gasteiger partial charge in [-0.3, -0.25) is 9.69 Å². The van der Waals surface area contributed by atoms with E-state index in [4.69, 9.17) is 13.9 Å². The first-order valence-corrected chi connectivity index (χ1v) is 11.8. The number of hydrogen-bond acceptors (Lipinski definition) is 7. The number of ether oxygens (including phenoxy) is 2. The molecule has 32 heavy (non-hydrogen) atoms. The predicted octanol–water partition coefficient (Wildman–Crippen LogP) is 3.75. The summed E-state index contributed by atoms with van der Waals surface area (Å²) in [6.07, 6.45) is 4.02. The van der Waals surface area contributed by atoms with Gasteiger partial charge in [-0.2, -0.15) is 0 Å². The van der Waals surface area contributed by atoms with Crippen molar-refractivity contribution in [3.8, 4) is 16.5 Å². The third kappa shape index (κ3) is 6.41. The molecule has 0 aliphatic carbocycles. The zero-order valence-electron chi connectivity index (χ0n) is 18.3. The van der Waals surface area contributed by atoms with E-state index in [0.29, 0.717) is 19.2 Å². The number of nitrogens with one attached hydrogen (secondary N) is 1. The molecule has 0 radical (unpaired) electrons. The highest BCUT2D eigenvalue weighted by Gasteiger charge is 2.18. The van der Waals surface area contributed by atoms with E-state index >= 15 is 0 Å². The number of furan rings is 1. The number of carbonyl (C=O) groups is 1. The first-order chi connectivity index (χ1) is 15.7. The Balaban J connectivity index is 1.20. The highest BCUT2D eigenvalue weighted by molar-refractivity contribution is 7.13. The first-order valence-electron chi connectivity index (χ1n) is 10.9. The lowest BCUT2D eigenvalue weighted by atomic mass is 10.1. The number of carbonyl (C=O) groups excluding carboxylic acids is 1. The normalized spacial score (nSPS) is 14.6. The summed E-state index contributed by atoms with van der Waals surface area (Å²) in [5, 5.41) is 5.64. The molecule has 0 saturated carbocycles. The number of hydrogen-bond donors (Lipinski definition) is 1. The Morgan fingerprint density at radius 1 is 1.28 bits per heavy atom. The van der Waals surface area contributed by atoms with Gasteiger partial charge in [0.2, 0.25) is 5.91 Å². The van der Waals surface area contributed by atoms with Crippen LogP contribution in [0.2, 0.25) is 0 Å². The van der Waals surface area contributed by atoms with Crippen molar-refractivity contribution >= 4 is 17.2 Å². The summed E-state index contributed by atoms with van der Waals surface area (Å²) in [6.45, 7) is 3.65. The van der Waals surface area contributed by atoms with Crippen molar-refractivity contribution in [2.45, 2.75) is 31.8 Å². The lowest BCUT2D eigenvalue weighted by Gasteiger charge is -2.31. The molecule has 1 aliphatic rings. The molecule has 0 atom stereocenters. The van der Waals surface area contributed by atoms with Gasteiger partial charge in [0.15, 0.2) is 10.8 Å². The molecule has 1 saturated heterocycles. The minimum absolute atomic E-state index is 0.0642. The van der Waals surface area contributed by atoms with Crippen LogP contribution in [0.25, 0.3) is 10.8 Å². The summed E-state index contributed by atoms with van der Waals surface area (Å²) in [7, 11) is 2.14. The van der Waals surface area contributed by atoms with Crippen LogP contribution in [-0.2, 0) is 22.5 Å². The van der Waals surface area contributed by atoms with Crippen LogP contribution in [0.15, 0.2) is 52.5 Å². The van der Waals surface area contributed by atoms with Crippen LogP contribution in [0, 0.1) is 0 Å². The molecule has 1 amide bonds. The van der Waals surface area contributed by atoms with Gasteiger partial charge in [0.05, 0.1) is 18.4 Å². The second-order valence-corrected chi connectivity index (χ2v) is 8.75. The molecule has 2 aromatic heterocycles. The van der Waals surface area contributed by atoms with E-state index in [0.717, 1.165) is 60.4 Å². The summed E-state index contributed by atoms with van der Waals surface area (Å²) in [5.74, 6) is 1.47. The van der Waals surface area contributed by atoms with Gasteiger partial charge in [-0.25, -0.2) is 4.98 Å². The molecule has 0 unspecified atom stereocenters. The van der Waals surface area contributed by atoms with E-state index in [9.17, 15) is 4.79 Å². The van der Waals surface area contributed by atoms with Gasteiger partial charge in [-0.1, -0.05) is 12.1 Å². The van der Waals surface area contributed by atoms with Crippen LogP contribution in [0.1, 0.15) is 24.1 Å². The van der Waals surface area contributed by atoms with Crippen LogP contribution in [0.3, 0.4) is 0 Å². The summed E-state index contributed by atoms with van der Waals surface area (Å²) < 4.78 is 16.7. The third-order valence-corrected chi connectivity index (χ3v) is 6.45. The summed E-state index contributed by atoms with van der Waals surface area (Å²) in [5.41, 5.74) is 1.74. The van der Waals surface area contributed by atoms with E-state index in [1.54, 1.807) is 6.26 Å². The van der Waals surface area contributed by atoms with Crippen LogP contribution < -0.4 is 10.1 Å². The zero-order chi connectivity index (χ0) is 22.2. The molecule has 4 rings (SSSR count). The van der Waals surface area contributed by atoms with E-state index < -0.39 is 0 Å². The van der Waals surface area contributed by atoms with Crippen LogP contribution in [-0.4, -0.2) is 55.2 Å². The van der Waals surface area contributed by atoms with E-state index in [-0.39, 0.29) is 12.3 Å². The largest absolute Gasteiger partial charge is 0.492 e. The fourth-order valence-corrected chi connectivity index (χ4v) is 4.48. The molecule has 0 spiro atoms. The van der Waals surface area contributed by atoms with E-state index in [1.807, 2.05) is 41.8 Å². The molecule has 1 aliphatic heterocycles. The Morgan fingerprint density at radius 2 is 2.16 bits per heavy atom. The lowest BCUT2D eigenvalue weighted by molar-refractivity contribution is -0.120. The molecule has 170 valence electrons. The second-order valence-electron chi connectivity index (χ2n) is 7.89. The van der Waals surface area contributed by atoms with Gasteiger partial charge < -0.3 is 19.2 Å². The maximum absolute atomic E-state index is 12.3. The highest BCUT2D eigenvalue weighted by atomic mass is 32.1. The van der Waals surface area contributed by atoms with Crippen molar-refractivity contribution in [1.82, 2.24) is 15.2 Å². The SMILES string of the molecule is CN(CCOc1cccc(CNC(=O)Cc2csc(-c3ccco3)n2)c1)C1CCOCC1. The molecule has 3 heterocycles. The number of aromatic nitrogens is 1. The quantitative estimate of drug-likeness (QED) is 0.502. The Morgan fingerprint density at radius 3 is 2.97 bits per heavy atom. The highest BCUT2D eigenvalue weighted by Crippen LogP contribution is 2.24. The monoisotopic (exact) mass is 455 g/mol. The molecule has 7 nitrogen and oxygen atoms in total. The van der Waals surface area contributed by atoms with Gasteiger partial charge in [0.25, 0.3) is 0 Å². The first kappa shape index (κ1) is 22.5. The van der Waals surface area contributed by atoms with Gasteiger partial charge in [-0.05, 0) is 49.7 Å². The average molecular weight is 456 g/mol.